The Bertz CT molecular complexity index is 1460. The molecule has 0 aliphatic heterocycles. The third-order valence-corrected chi connectivity index (χ3v) is 6.17. The molecule has 0 unspecified atom stereocenters. The molecule has 4 aromatic rings. The smallest absolute Gasteiger partial charge is 0.416 e. The standard InChI is InChI=1S/C32H28F3NO5/c1-39-31(38)27(36-30(37)25-13-8-14-26(19-25)32(33,34)35)17-24-15-16-28(40-20-22-9-4-2-5-10-22)29(18-24)41-21-23-11-6-3-7-12-23/h2-16,18-19,27H,17,20-21H2,1H3,(H,36,37)/t27-/m0/s1. The van der Waals surface area contributed by atoms with E-state index >= 15 is 0 Å². The van der Waals surface area contributed by atoms with Crippen LogP contribution < -0.4 is 14.8 Å². The Balaban J connectivity index is 1.54. The van der Waals surface area contributed by atoms with Crippen LogP contribution in [0.15, 0.2) is 103 Å². The van der Waals surface area contributed by atoms with Gasteiger partial charge in [-0.3, -0.25) is 4.79 Å². The van der Waals surface area contributed by atoms with Crippen molar-refractivity contribution in [1.29, 1.82) is 0 Å². The van der Waals surface area contributed by atoms with Gasteiger partial charge in [0.25, 0.3) is 5.91 Å². The Kier molecular flexibility index (Phi) is 9.63. The number of alkyl halides is 3. The number of ether oxygens (including phenoxy) is 3. The molecule has 0 aromatic heterocycles. The highest BCUT2D eigenvalue weighted by molar-refractivity contribution is 5.97. The molecule has 41 heavy (non-hydrogen) atoms. The van der Waals surface area contributed by atoms with E-state index < -0.39 is 29.7 Å². The molecular formula is C32H28F3NO5. The van der Waals surface area contributed by atoms with Crippen LogP contribution in [0.25, 0.3) is 0 Å². The summed E-state index contributed by atoms with van der Waals surface area (Å²) in [4.78, 5) is 25.4. The highest BCUT2D eigenvalue weighted by Crippen LogP contribution is 2.31. The third kappa shape index (κ3) is 8.35. The molecule has 0 saturated heterocycles. The highest BCUT2D eigenvalue weighted by Gasteiger charge is 2.31. The topological polar surface area (TPSA) is 73.9 Å². The van der Waals surface area contributed by atoms with Gasteiger partial charge >= 0.3 is 12.1 Å². The highest BCUT2D eigenvalue weighted by atomic mass is 19.4. The summed E-state index contributed by atoms with van der Waals surface area (Å²) in [6.45, 7) is 0.568. The number of carbonyl (C=O) groups is 2. The van der Waals surface area contributed by atoms with Crippen LogP contribution in [0.5, 0.6) is 11.5 Å². The van der Waals surface area contributed by atoms with Crippen LogP contribution >= 0.6 is 0 Å². The van der Waals surface area contributed by atoms with Crippen molar-refractivity contribution in [2.45, 2.75) is 31.9 Å². The lowest BCUT2D eigenvalue weighted by Crippen LogP contribution is -2.43. The second-order valence-corrected chi connectivity index (χ2v) is 9.16. The van der Waals surface area contributed by atoms with Crippen molar-refractivity contribution in [2.24, 2.45) is 0 Å². The van der Waals surface area contributed by atoms with Gasteiger partial charge < -0.3 is 19.5 Å². The fourth-order valence-corrected chi connectivity index (χ4v) is 4.03. The van der Waals surface area contributed by atoms with Gasteiger partial charge in [0.2, 0.25) is 0 Å². The summed E-state index contributed by atoms with van der Waals surface area (Å²) in [7, 11) is 1.17. The maximum Gasteiger partial charge on any atom is 0.416 e. The van der Waals surface area contributed by atoms with Crippen molar-refractivity contribution >= 4 is 11.9 Å². The lowest BCUT2D eigenvalue weighted by atomic mass is 10.0. The van der Waals surface area contributed by atoms with Gasteiger partial charge in [0.1, 0.15) is 19.3 Å². The number of carbonyl (C=O) groups excluding carboxylic acids is 2. The average molecular weight is 564 g/mol. The summed E-state index contributed by atoms with van der Waals surface area (Å²) < 4.78 is 56.3. The van der Waals surface area contributed by atoms with E-state index in [0.29, 0.717) is 23.7 Å². The second kappa shape index (κ2) is 13.5. The first kappa shape index (κ1) is 29.2. The number of halogens is 3. The number of esters is 1. The number of rotatable bonds is 11. The average Bonchev–Trinajstić information content (AvgIpc) is 2.99. The van der Waals surface area contributed by atoms with E-state index in [1.54, 1.807) is 18.2 Å². The summed E-state index contributed by atoms with van der Waals surface area (Å²) >= 11 is 0. The molecule has 1 amide bonds. The quantitative estimate of drug-likeness (QED) is 0.215. The van der Waals surface area contributed by atoms with Gasteiger partial charge in [0, 0.05) is 12.0 Å². The Labute approximate surface area is 235 Å². The lowest BCUT2D eigenvalue weighted by molar-refractivity contribution is -0.143. The first-order valence-corrected chi connectivity index (χ1v) is 12.8. The van der Waals surface area contributed by atoms with Crippen LogP contribution in [0, 0.1) is 0 Å². The van der Waals surface area contributed by atoms with Crippen LogP contribution in [0.1, 0.15) is 32.6 Å². The first-order chi connectivity index (χ1) is 19.7. The predicted molar refractivity (Wildman–Crippen MR) is 146 cm³/mol. The van der Waals surface area contributed by atoms with Crippen LogP contribution in [0.2, 0.25) is 0 Å². The number of methoxy groups -OCH3 is 1. The number of hydrogen-bond donors (Lipinski definition) is 1. The van der Waals surface area contributed by atoms with Crippen molar-refractivity contribution in [3.8, 4) is 11.5 Å². The molecule has 1 N–H and O–H groups in total. The molecule has 4 aromatic carbocycles. The van der Waals surface area contributed by atoms with Gasteiger partial charge in [-0.2, -0.15) is 13.2 Å². The zero-order valence-corrected chi connectivity index (χ0v) is 22.2. The van der Waals surface area contributed by atoms with Crippen molar-refractivity contribution in [2.75, 3.05) is 7.11 Å². The SMILES string of the molecule is COC(=O)[C@H](Cc1ccc(OCc2ccccc2)c(OCc2ccccc2)c1)NC(=O)c1cccc(C(F)(F)F)c1. The zero-order valence-electron chi connectivity index (χ0n) is 22.2. The second-order valence-electron chi connectivity index (χ2n) is 9.16. The largest absolute Gasteiger partial charge is 0.485 e. The lowest BCUT2D eigenvalue weighted by Gasteiger charge is -2.19. The first-order valence-electron chi connectivity index (χ1n) is 12.8. The van der Waals surface area contributed by atoms with Gasteiger partial charge in [0.15, 0.2) is 11.5 Å². The summed E-state index contributed by atoms with van der Waals surface area (Å²) in [5.41, 5.74) is 1.32. The van der Waals surface area contributed by atoms with Crippen LogP contribution in [0.4, 0.5) is 13.2 Å². The number of hydrogen-bond acceptors (Lipinski definition) is 5. The van der Waals surface area contributed by atoms with Gasteiger partial charge in [0.05, 0.1) is 12.7 Å². The fraction of sp³-hybridized carbons (Fsp3) is 0.188. The normalized spacial score (nSPS) is 11.8. The Hall–Kier alpha value is -4.79. The molecule has 0 aliphatic carbocycles. The van der Waals surface area contributed by atoms with E-state index in [-0.39, 0.29) is 18.6 Å². The molecule has 0 aliphatic rings. The summed E-state index contributed by atoms with van der Waals surface area (Å²) in [5.74, 6) is -0.678. The van der Waals surface area contributed by atoms with E-state index in [9.17, 15) is 22.8 Å². The van der Waals surface area contributed by atoms with E-state index in [1.165, 1.54) is 13.2 Å². The van der Waals surface area contributed by atoms with Crippen molar-refractivity contribution in [1.82, 2.24) is 5.32 Å². The Morgan fingerprint density at radius 3 is 1.93 bits per heavy atom. The van der Waals surface area contributed by atoms with Gasteiger partial charge in [-0.15, -0.1) is 0 Å². The zero-order chi connectivity index (χ0) is 29.2. The molecule has 0 saturated carbocycles. The van der Waals surface area contributed by atoms with Crippen LogP contribution in [0.3, 0.4) is 0 Å². The molecule has 0 heterocycles. The fourth-order valence-electron chi connectivity index (χ4n) is 4.03. The molecule has 0 radical (unpaired) electrons. The van der Waals surface area contributed by atoms with Crippen molar-refractivity contribution in [3.63, 3.8) is 0 Å². The molecule has 9 heteroatoms. The van der Waals surface area contributed by atoms with E-state index in [1.807, 2.05) is 60.7 Å². The third-order valence-electron chi connectivity index (χ3n) is 6.17. The van der Waals surface area contributed by atoms with E-state index in [4.69, 9.17) is 14.2 Å². The van der Waals surface area contributed by atoms with Crippen LogP contribution in [-0.4, -0.2) is 25.0 Å². The summed E-state index contributed by atoms with van der Waals surface area (Å²) in [6.07, 6.45) is -4.61. The molecule has 212 valence electrons. The molecule has 0 fully saturated rings. The maximum atomic E-state index is 13.1. The Morgan fingerprint density at radius 2 is 1.34 bits per heavy atom. The van der Waals surface area contributed by atoms with Crippen LogP contribution in [-0.2, 0) is 35.3 Å². The molecular weight excluding hydrogens is 535 g/mol. The molecule has 4 rings (SSSR count). The monoisotopic (exact) mass is 563 g/mol. The minimum absolute atomic E-state index is 0.00195. The maximum absolute atomic E-state index is 13.1. The van der Waals surface area contributed by atoms with Gasteiger partial charge in [-0.05, 0) is 47.0 Å². The van der Waals surface area contributed by atoms with Gasteiger partial charge in [-0.25, -0.2) is 4.79 Å². The predicted octanol–water partition coefficient (Wildman–Crippen LogP) is 6.38. The summed E-state index contributed by atoms with van der Waals surface area (Å²) in [6, 6.07) is 27.1. The number of amides is 1. The Morgan fingerprint density at radius 1 is 0.732 bits per heavy atom. The van der Waals surface area contributed by atoms with Crippen molar-refractivity contribution < 1.29 is 37.0 Å². The minimum atomic E-state index is -4.61. The molecule has 0 spiro atoms. The summed E-state index contributed by atoms with van der Waals surface area (Å²) in [5, 5.41) is 2.50. The van der Waals surface area contributed by atoms with Gasteiger partial charge in [-0.1, -0.05) is 72.8 Å². The molecule has 0 bridgehead atoms. The number of benzene rings is 4. The minimum Gasteiger partial charge on any atom is -0.485 e. The number of nitrogens with one attached hydrogen (secondary N) is 1. The van der Waals surface area contributed by atoms with Crippen molar-refractivity contribution in [3.05, 3.63) is 131 Å². The van der Waals surface area contributed by atoms with E-state index in [2.05, 4.69) is 5.32 Å². The van der Waals surface area contributed by atoms with E-state index in [0.717, 1.165) is 29.3 Å². The molecule has 1 atom stereocenters. The molecule has 6 nitrogen and oxygen atoms in total.